The summed E-state index contributed by atoms with van der Waals surface area (Å²) in [5.41, 5.74) is 27.9. The van der Waals surface area contributed by atoms with Crippen LogP contribution in [0.2, 0.25) is 0 Å². The van der Waals surface area contributed by atoms with Crippen molar-refractivity contribution in [1.82, 2.24) is 44.9 Å². The lowest BCUT2D eigenvalue weighted by Gasteiger charge is -2.15. The molecule has 0 saturated heterocycles. The van der Waals surface area contributed by atoms with Crippen molar-refractivity contribution in [3.63, 3.8) is 0 Å². The molecule has 0 bridgehead atoms. The first-order valence-electron chi connectivity index (χ1n) is 41.1. The molecule has 9 aromatic heterocycles. The fourth-order valence-corrected chi connectivity index (χ4v) is 6.89. The minimum atomic E-state index is 0.526. The van der Waals surface area contributed by atoms with Crippen LogP contribution in [0.15, 0.2) is 134 Å². The summed E-state index contributed by atoms with van der Waals surface area (Å²) in [6.07, 6.45) is 12.9. The third-order valence-electron chi connectivity index (χ3n) is 12.8. The van der Waals surface area contributed by atoms with Gasteiger partial charge in [0.1, 0.15) is 0 Å². The SMILES string of the molecule is CC(C)C.CC(C)C.CC(C)C.CC(C)C.CC(C)C.CC(C)C.CC(C)C.CC(C)C.Cc1cc(C)c(C)cn1.Cc1ccc(C)nc1.Cc1cccc(C)n1.Cc1ccccn1.Cc1cccnc1C.Cc1ccnc(C)c1.Cc1ccnc(C)c1C.Cc1cnc(C)c(C)c1.Cc1nc(C(C)C)c(C)c(C)c1C. The number of rotatable bonds is 1. The molecule has 0 unspecified atom stereocenters. The summed E-state index contributed by atoms with van der Waals surface area (Å²) >= 11 is 0. The number of hydrogen-bond acceptors (Lipinski definition) is 9. The van der Waals surface area contributed by atoms with Crippen LogP contribution in [-0.2, 0) is 0 Å². The molecule has 0 aromatic carbocycles. The predicted molar refractivity (Wildman–Crippen MR) is 501 cm³/mol. The number of pyridine rings is 9. The highest BCUT2D eigenvalue weighted by Crippen LogP contribution is 2.23. The average molecular weight is 1530 g/mol. The molecule has 0 spiro atoms. The van der Waals surface area contributed by atoms with E-state index in [1.54, 1.807) is 6.20 Å². The molecule has 0 radical (unpaired) electrons. The van der Waals surface area contributed by atoms with Crippen molar-refractivity contribution in [2.24, 2.45) is 47.3 Å². The van der Waals surface area contributed by atoms with Gasteiger partial charge in [0, 0.05) is 106 Å². The van der Waals surface area contributed by atoms with Gasteiger partial charge in [-0.1, -0.05) is 210 Å². The molecule has 9 heterocycles. The third-order valence-corrected chi connectivity index (χ3v) is 12.8. The van der Waals surface area contributed by atoms with Crippen LogP contribution in [0.3, 0.4) is 0 Å². The van der Waals surface area contributed by atoms with Gasteiger partial charge in [-0.15, -0.1) is 0 Å². The van der Waals surface area contributed by atoms with Gasteiger partial charge in [0.05, 0.1) is 0 Å². The molecule has 628 valence electrons. The van der Waals surface area contributed by atoms with Gasteiger partial charge in [0.25, 0.3) is 0 Å². The van der Waals surface area contributed by atoms with Gasteiger partial charge in [-0.25, -0.2) is 0 Å². The molecular weight excluding hydrogens is 1350 g/mol. The molecule has 0 atom stereocenters. The number of hydrogen-bond donors (Lipinski definition) is 0. The standard InChI is InChI=1S/C12H19N.3C8H11N.4C7H9N.C6H7N.8C4H10/c1-7(2)12-10(5)8(3)9(4)11(6)13-12;1-6-4-8(3)9-5-7(6)2;1-6-4-7(2)8(3)9-5-6;1-6-4-5-9-8(3)7(6)2;1-6-3-4-8-7(2)5-6;1-6-3-4-7(2)8-5-6;1-6-4-3-5-8-7(6)2;1-6-4-3-5-7(2)8-6;1-6-4-2-3-5-7-6;8*1-4(2)3/h7H,1-6H3;3*4-5H,1-3H3;4*3-5H,1-2H3;2-5H,1H3;8*4H,1-3H3. The first kappa shape index (κ1) is 119. The molecule has 9 heteroatoms. The predicted octanol–water partition coefficient (Wildman–Crippen LogP) is 30.9. The van der Waals surface area contributed by atoms with Crippen LogP contribution in [0.4, 0.5) is 0 Å². The highest BCUT2D eigenvalue weighted by Gasteiger charge is 2.11. The van der Waals surface area contributed by atoms with Gasteiger partial charge in [0.15, 0.2) is 0 Å². The molecule has 0 amide bonds. The zero-order valence-electron chi connectivity index (χ0n) is 81.4. The van der Waals surface area contributed by atoms with Crippen LogP contribution in [0.25, 0.3) is 0 Å². The molecule has 0 saturated carbocycles. The van der Waals surface area contributed by atoms with Gasteiger partial charge < -0.3 is 0 Å². The fraction of sp³-hybridized carbons (Fsp3) is 0.559. The number of nitrogens with zero attached hydrogens (tertiary/aromatic N) is 9. The molecule has 0 aliphatic rings. The maximum atomic E-state index is 4.63. The monoisotopic (exact) mass is 1530 g/mol. The van der Waals surface area contributed by atoms with Crippen molar-refractivity contribution in [1.29, 1.82) is 0 Å². The van der Waals surface area contributed by atoms with Crippen LogP contribution < -0.4 is 0 Å². The minimum Gasteiger partial charge on any atom is -0.262 e. The van der Waals surface area contributed by atoms with Crippen LogP contribution in [0.1, 0.15) is 315 Å². The zero-order chi connectivity index (χ0) is 88.4. The Morgan fingerprint density at radius 1 is 0.198 bits per heavy atom. The third kappa shape index (κ3) is 92.9. The van der Waals surface area contributed by atoms with E-state index in [-0.39, 0.29) is 0 Å². The summed E-state index contributed by atoms with van der Waals surface area (Å²) in [7, 11) is 0. The van der Waals surface area contributed by atoms with Crippen molar-refractivity contribution in [2.75, 3.05) is 0 Å². The Morgan fingerprint density at radius 3 is 0.865 bits per heavy atom. The second-order valence-corrected chi connectivity index (χ2v) is 34.4. The van der Waals surface area contributed by atoms with E-state index >= 15 is 0 Å². The Kier molecular flexibility index (Phi) is 79.2. The molecule has 0 aliphatic heterocycles. The summed E-state index contributed by atoms with van der Waals surface area (Å²) < 4.78 is 0. The summed E-state index contributed by atoms with van der Waals surface area (Å²) in [5, 5.41) is 0. The summed E-state index contributed by atoms with van der Waals surface area (Å²) in [6, 6.07) is 30.2. The molecule has 0 fully saturated rings. The van der Waals surface area contributed by atoms with Crippen molar-refractivity contribution in [2.45, 2.75) is 338 Å². The molecular formula is C102H175N9. The Balaban J connectivity index is -0.000000172. The first-order valence-corrected chi connectivity index (χ1v) is 41.1. The van der Waals surface area contributed by atoms with Gasteiger partial charge >= 0.3 is 0 Å². The maximum Gasteiger partial charge on any atom is 0.0464 e. The van der Waals surface area contributed by atoms with Gasteiger partial charge in [-0.05, 0) is 333 Å². The van der Waals surface area contributed by atoms with Crippen molar-refractivity contribution < 1.29 is 0 Å². The van der Waals surface area contributed by atoms with Crippen molar-refractivity contribution in [3.8, 4) is 0 Å². The number of aryl methyl sites for hydroxylation is 18. The molecule has 0 N–H and O–H groups in total. The van der Waals surface area contributed by atoms with Crippen LogP contribution >= 0.6 is 0 Å². The Hall–Kier alpha value is -7.65. The van der Waals surface area contributed by atoms with Crippen LogP contribution in [0, 0.1) is 200 Å². The lowest BCUT2D eigenvalue weighted by molar-refractivity contribution is 0.736. The average Bonchev–Trinajstić information content (AvgIpc) is 0.817. The van der Waals surface area contributed by atoms with Crippen LogP contribution in [0.5, 0.6) is 0 Å². The van der Waals surface area contributed by atoms with E-state index in [4.69, 9.17) is 0 Å². The number of aromatic nitrogens is 9. The van der Waals surface area contributed by atoms with Gasteiger partial charge in [0.2, 0.25) is 0 Å². The second kappa shape index (κ2) is 73.8. The zero-order valence-corrected chi connectivity index (χ0v) is 81.4. The normalized spacial score (nSPS) is 9.45. The highest BCUT2D eigenvalue weighted by atomic mass is 14.7. The molecule has 111 heavy (non-hydrogen) atoms. The topological polar surface area (TPSA) is 116 Å². The van der Waals surface area contributed by atoms with E-state index in [0.717, 1.165) is 98.6 Å². The Bertz CT molecular complexity index is 3310. The smallest absolute Gasteiger partial charge is 0.0464 e. The van der Waals surface area contributed by atoms with E-state index in [9.17, 15) is 0 Å². The molecule has 9 nitrogen and oxygen atoms in total. The van der Waals surface area contributed by atoms with Crippen LogP contribution in [-0.4, -0.2) is 44.9 Å². The molecule has 0 aliphatic carbocycles. The van der Waals surface area contributed by atoms with E-state index in [0.29, 0.717) is 5.92 Å². The van der Waals surface area contributed by atoms with Gasteiger partial charge in [-0.2, -0.15) is 0 Å². The summed E-state index contributed by atoms with van der Waals surface area (Å²) in [4.78, 5) is 37.4. The Labute approximate surface area is 690 Å². The van der Waals surface area contributed by atoms with Gasteiger partial charge in [-0.3, -0.25) is 44.9 Å². The molecule has 9 rings (SSSR count). The van der Waals surface area contributed by atoms with Crippen molar-refractivity contribution >= 4 is 0 Å². The van der Waals surface area contributed by atoms with E-state index in [2.05, 4.69) is 338 Å². The summed E-state index contributed by atoms with van der Waals surface area (Å²) in [5.74, 6) is 7.19. The van der Waals surface area contributed by atoms with E-state index in [1.165, 1.54) is 78.1 Å². The first-order chi connectivity index (χ1) is 51.0. The Morgan fingerprint density at radius 2 is 0.586 bits per heavy atom. The van der Waals surface area contributed by atoms with Crippen molar-refractivity contribution in [3.05, 3.63) is 264 Å². The largest absolute Gasteiger partial charge is 0.262 e. The highest BCUT2D eigenvalue weighted by molar-refractivity contribution is 5.38. The molecule has 9 aromatic rings. The second-order valence-electron chi connectivity index (χ2n) is 34.4. The maximum absolute atomic E-state index is 4.63. The lowest BCUT2D eigenvalue weighted by Crippen LogP contribution is -2.03. The lowest BCUT2D eigenvalue weighted by atomic mass is 9.97. The van der Waals surface area contributed by atoms with E-state index < -0.39 is 0 Å². The quantitative estimate of drug-likeness (QED) is 0.158. The van der Waals surface area contributed by atoms with E-state index in [1.807, 2.05) is 167 Å². The fourth-order valence-electron chi connectivity index (χ4n) is 6.89. The minimum absolute atomic E-state index is 0.526. The summed E-state index contributed by atoms with van der Waals surface area (Å²) in [6.45, 7) is 102.